The SMILES string of the molecule is Cc1ccc(NC(=O)c2ccc(N3C(=O)[C@H]4C[C@H](C)CC[C@H]4C3=O)cc2)cc1C. The molecule has 2 fully saturated rings. The van der Waals surface area contributed by atoms with E-state index in [0.29, 0.717) is 17.2 Å². The highest BCUT2D eigenvalue weighted by atomic mass is 16.2. The van der Waals surface area contributed by atoms with Crippen LogP contribution < -0.4 is 10.2 Å². The predicted molar refractivity (Wildman–Crippen MR) is 113 cm³/mol. The lowest BCUT2D eigenvalue weighted by Gasteiger charge is -2.25. The molecule has 2 aromatic rings. The van der Waals surface area contributed by atoms with Crippen LogP contribution in [-0.4, -0.2) is 17.7 Å². The van der Waals surface area contributed by atoms with Crippen LogP contribution in [0.3, 0.4) is 0 Å². The van der Waals surface area contributed by atoms with Crippen LogP contribution in [0, 0.1) is 31.6 Å². The molecule has 1 N–H and O–H groups in total. The molecule has 1 aliphatic heterocycles. The zero-order valence-corrected chi connectivity index (χ0v) is 17.1. The zero-order valence-electron chi connectivity index (χ0n) is 17.1. The van der Waals surface area contributed by atoms with Gasteiger partial charge >= 0.3 is 0 Å². The van der Waals surface area contributed by atoms with E-state index in [-0.39, 0.29) is 29.6 Å². The minimum absolute atomic E-state index is 0.0979. The Labute approximate surface area is 171 Å². The van der Waals surface area contributed by atoms with Crippen molar-refractivity contribution in [3.05, 3.63) is 59.2 Å². The van der Waals surface area contributed by atoms with E-state index < -0.39 is 0 Å². The van der Waals surface area contributed by atoms with Gasteiger partial charge in [-0.3, -0.25) is 19.3 Å². The molecule has 29 heavy (non-hydrogen) atoms. The Balaban J connectivity index is 1.50. The lowest BCUT2D eigenvalue weighted by molar-refractivity contribution is -0.122. The molecule has 2 aliphatic rings. The van der Waals surface area contributed by atoms with E-state index in [1.807, 2.05) is 32.0 Å². The summed E-state index contributed by atoms with van der Waals surface area (Å²) in [5.41, 5.74) is 4.05. The van der Waals surface area contributed by atoms with Gasteiger partial charge in [-0.05, 0) is 86.6 Å². The molecule has 1 aliphatic carbocycles. The number of nitrogens with one attached hydrogen (secondary N) is 1. The average molecular weight is 390 g/mol. The molecule has 5 heteroatoms. The third-order valence-electron chi connectivity index (χ3n) is 6.34. The summed E-state index contributed by atoms with van der Waals surface area (Å²) in [6.07, 6.45) is 2.55. The van der Waals surface area contributed by atoms with Crippen molar-refractivity contribution < 1.29 is 14.4 Å². The molecule has 0 spiro atoms. The Kier molecular flexibility index (Phi) is 4.99. The molecule has 150 valence electrons. The number of anilines is 2. The molecule has 1 saturated carbocycles. The normalized spacial score (nSPS) is 23.8. The number of nitrogens with zero attached hydrogens (tertiary/aromatic N) is 1. The highest BCUT2D eigenvalue weighted by molar-refractivity contribution is 6.22. The van der Waals surface area contributed by atoms with Crippen molar-refractivity contribution in [2.24, 2.45) is 17.8 Å². The van der Waals surface area contributed by atoms with Crippen molar-refractivity contribution in [1.82, 2.24) is 0 Å². The van der Waals surface area contributed by atoms with Crippen LogP contribution in [-0.2, 0) is 9.59 Å². The Hall–Kier alpha value is -2.95. The first-order valence-corrected chi connectivity index (χ1v) is 10.2. The van der Waals surface area contributed by atoms with Gasteiger partial charge in [-0.1, -0.05) is 13.0 Å². The summed E-state index contributed by atoms with van der Waals surface area (Å²) in [5, 5.41) is 2.89. The quantitative estimate of drug-likeness (QED) is 0.786. The summed E-state index contributed by atoms with van der Waals surface area (Å²) < 4.78 is 0. The molecule has 4 rings (SSSR count). The maximum Gasteiger partial charge on any atom is 0.255 e. The minimum Gasteiger partial charge on any atom is -0.322 e. The molecule has 0 unspecified atom stereocenters. The van der Waals surface area contributed by atoms with Crippen molar-refractivity contribution in [3.8, 4) is 0 Å². The van der Waals surface area contributed by atoms with Gasteiger partial charge in [-0.2, -0.15) is 0 Å². The number of rotatable bonds is 3. The molecule has 1 saturated heterocycles. The van der Waals surface area contributed by atoms with Crippen molar-refractivity contribution in [2.45, 2.75) is 40.0 Å². The molecule has 2 aromatic carbocycles. The van der Waals surface area contributed by atoms with E-state index >= 15 is 0 Å². The first kappa shape index (κ1) is 19.4. The topological polar surface area (TPSA) is 66.5 Å². The summed E-state index contributed by atoms with van der Waals surface area (Å²) >= 11 is 0. The first-order chi connectivity index (χ1) is 13.8. The summed E-state index contributed by atoms with van der Waals surface area (Å²) in [7, 11) is 0. The van der Waals surface area contributed by atoms with Crippen LogP contribution in [0.1, 0.15) is 47.7 Å². The van der Waals surface area contributed by atoms with Crippen LogP contribution in [0.2, 0.25) is 0 Å². The van der Waals surface area contributed by atoms with Gasteiger partial charge in [-0.15, -0.1) is 0 Å². The molecule has 0 aromatic heterocycles. The predicted octanol–water partition coefficient (Wildman–Crippen LogP) is 4.48. The first-order valence-electron chi connectivity index (χ1n) is 10.2. The molecule has 5 nitrogen and oxygen atoms in total. The smallest absolute Gasteiger partial charge is 0.255 e. The number of hydrogen-bond donors (Lipinski definition) is 1. The fraction of sp³-hybridized carbons (Fsp3) is 0.375. The molecule has 3 atom stereocenters. The van der Waals surface area contributed by atoms with Gasteiger partial charge in [0.25, 0.3) is 5.91 Å². The summed E-state index contributed by atoms with van der Waals surface area (Å²) in [6, 6.07) is 12.5. The van der Waals surface area contributed by atoms with Crippen molar-refractivity contribution >= 4 is 29.1 Å². The standard InChI is InChI=1S/C24H26N2O3/c1-14-4-11-20-21(12-14)24(29)26(23(20)28)19-9-6-17(7-10-19)22(27)25-18-8-5-15(2)16(3)13-18/h5-10,13-14,20-21H,4,11-12H2,1-3H3,(H,25,27)/t14-,20-,21+/m1/s1. The second kappa shape index (κ2) is 7.47. The van der Waals surface area contributed by atoms with Crippen LogP contribution in [0.15, 0.2) is 42.5 Å². The molecule has 3 amide bonds. The van der Waals surface area contributed by atoms with Crippen LogP contribution in [0.25, 0.3) is 0 Å². The second-order valence-electron chi connectivity index (χ2n) is 8.44. The fourth-order valence-corrected chi connectivity index (χ4v) is 4.43. The monoisotopic (exact) mass is 390 g/mol. The highest BCUT2D eigenvalue weighted by Gasteiger charge is 2.49. The summed E-state index contributed by atoms with van der Waals surface area (Å²) in [6.45, 7) is 6.17. The van der Waals surface area contributed by atoms with Gasteiger partial charge in [0.1, 0.15) is 0 Å². The number of carbonyl (C=O) groups excluding carboxylic acids is 3. The Morgan fingerprint density at radius 2 is 1.62 bits per heavy atom. The number of imide groups is 1. The largest absolute Gasteiger partial charge is 0.322 e. The number of hydrogen-bond acceptors (Lipinski definition) is 3. The average Bonchev–Trinajstić information content (AvgIpc) is 2.94. The number of aryl methyl sites for hydroxylation is 2. The maximum absolute atomic E-state index is 12.8. The van der Waals surface area contributed by atoms with E-state index in [1.54, 1.807) is 24.3 Å². The Morgan fingerprint density at radius 3 is 2.31 bits per heavy atom. The molecule has 1 heterocycles. The highest BCUT2D eigenvalue weighted by Crippen LogP contribution is 2.42. The zero-order chi connectivity index (χ0) is 20.7. The van der Waals surface area contributed by atoms with E-state index in [0.717, 1.165) is 30.5 Å². The van der Waals surface area contributed by atoms with E-state index in [9.17, 15) is 14.4 Å². The summed E-state index contributed by atoms with van der Waals surface area (Å²) in [4.78, 5) is 39.5. The van der Waals surface area contributed by atoms with Gasteiger partial charge in [-0.25, -0.2) is 0 Å². The number of fused-ring (bicyclic) bond motifs is 1. The molecular formula is C24H26N2O3. The third-order valence-corrected chi connectivity index (χ3v) is 6.34. The minimum atomic E-state index is -0.221. The van der Waals surface area contributed by atoms with E-state index in [1.165, 1.54) is 10.5 Å². The molecule has 0 radical (unpaired) electrons. The lowest BCUT2D eigenvalue weighted by atomic mass is 9.76. The maximum atomic E-state index is 12.8. The third kappa shape index (κ3) is 3.57. The number of benzene rings is 2. The van der Waals surface area contributed by atoms with E-state index in [4.69, 9.17) is 0 Å². The van der Waals surface area contributed by atoms with Crippen LogP contribution >= 0.6 is 0 Å². The van der Waals surface area contributed by atoms with Crippen molar-refractivity contribution in [1.29, 1.82) is 0 Å². The van der Waals surface area contributed by atoms with E-state index in [2.05, 4.69) is 12.2 Å². The number of amides is 3. The van der Waals surface area contributed by atoms with Gasteiger partial charge < -0.3 is 5.32 Å². The molecule has 0 bridgehead atoms. The summed E-state index contributed by atoms with van der Waals surface area (Å²) in [5.74, 6) is -0.325. The Morgan fingerprint density at radius 1 is 0.931 bits per heavy atom. The van der Waals surface area contributed by atoms with Crippen LogP contribution in [0.5, 0.6) is 0 Å². The van der Waals surface area contributed by atoms with Crippen LogP contribution in [0.4, 0.5) is 11.4 Å². The Bertz CT molecular complexity index is 980. The van der Waals surface area contributed by atoms with Gasteiger partial charge in [0.05, 0.1) is 17.5 Å². The number of carbonyl (C=O) groups is 3. The van der Waals surface area contributed by atoms with Crippen molar-refractivity contribution in [2.75, 3.05) is 10.2 Å². The van der Waals surface area contributed by atoms with Crippen molar-refractivity contribution in [3.63, 3.8) is 0 Å². The fourth-order valence-electron chi connectivity index (χ4n) is 4.43. The second-order valence-corrected chi connectivity index (χ2v) is 8.44. The van der Waals surface area contributed by atoms with Gasteiger partial charge in [0.15, 0.2) is 0 Å². The lowest BCUT2D eigenvalue weighted by Crippen LogP contribution is -2.30. The van der Waals surface area contributed by atoms with Gasteiger partial charge in [0.2, 0.25) is 11.8 Å². The molecular weight excluding hydrogens is 364 g/mol. The van der Waals surface area contributed by atoms with Gasteiger partial charge in [0, 0.05) is 11.3 Å².